The number of hydrogen-bond acceptors (Lipinski definition) is 3. The highest BCUT2D eigenvalue weighted by atomic mass is 16.4. The molecule has 20 heavy (non-hydrogen) atoms. The molecule has 1 fully saturated rings. The van der Waals surface area contributed by atoms with Crippen LogP contribution >= 0.6 is 0 Å². The molecule has 0 radical (unpaired) electrons. The smallest absolute Gasteiger partial charge is 0.307 e. The highest BCUT2D eigenvalue weighted by molar-refractivity contribution is 5.70. The van der Waals surface area contributed by atoms with Crippen molar-refractivity contribution in [3.05, 3.63) is 35.4 Å². The van der Waals surface area contributed by atoms with E-state index in [1.54, 1.807) is 0 Å². The van der Waals surface area contributed by atoms with Crippen molar-refractivity contribution in [1.82, 2.24) is 10.2 Å². The van der Waals surface area contributed by atoms with Crippen LogP contribution in [-0.4, -0.2) is 35.6 Å². The normalized spacial score (nSPS) is 22.4. The summed E-state index contributed by atoms with van der Waals surface area (Å²) < 4.78 is 0. The van der Waals surface area contributed by atoms with Crippen LogP contribution in [0.2, 0.25) is 0 Å². The van der Waals surface area contributed by atoms with E-state index in [2.05, 4.69) is 42.3 Å². The maximum absolute atomic E-state index is 11.1. The van der Waals surface area contributed by atoms with E-state index in [1.807, 2.05) is 6.07 Å². The number of nitrogens with zero attached hydrogens (tertiary/aromatic N) is 1. The van der Waals surface area contributed by atoms with Gasteiger partial charge >= 0.3 is 5.97 Å². The summed E-state index contributed by atoms with van der Waals surface area (Å²) in [5.41, 5.74) is 2.56. The van der Waals surface area contributed by atoms with E-state index < -0.39 is 5.97 Å². The van der Waals surface area contributed by atoms with E-state index in [0.717, 1.165) is 19.6 Å². The summed E-state index contributed by atoms with van der Waals surface area (Å²) in [4.78, 5) is 13.5. The molecule has 2 rings (SSSR count). The zero-order valence-electron chi connectivity index (χ0n) is 12.3. The van der Waals surface area contributed by atoms with Crippen molar-refractivity contribution in [3.63, 3.8) is 0 Å². The van der Waals surface area contributed by atoms with Gasteiger partial charge in [-0.1, -0.05) is 38.1 Å². The average Bonchev–Trinajstić information content (AvgIpc) is 2.95. The molecule has 110 valence electrons. The second-order valence-corrected chi connectivity index (χ2v) is 5.39. The summed E-state index contributed by atoms with van der Waals surface area (Å²) in [7, 11) is 0. The number of nitrogens with one attached hydrogen (secondary N) is 1. The molecule has 0 amide bonds. The molecule has 0 saturated carbocycles. The third-order valence-corrected chi connectivity index (χ3v) is 4.20. The van der Waals surface area contributed by atoms with Crippen LogP contribution in [0, 0.1) is 5.92 Å². The molecule has 4 nitrogen and oxygen atoms in total. The van der Waals surface area contributed by atoms with Crippen LogP contribution in [0.5, 0.6) is 0 Å². The number of rotatable bonds is 6. The lowest BCUT2D eigenvalue weighted by Gasteiger charge is -2.22. The molecule has 1 saturated heterocycles. The van der Waals surface area contributed by atoms with Crippen molar-refractivity contribution in [2.45, 2.75) is 32.9 Å². The largest absolute Gasteiger partial charge is 0.481 e. The second kappa shape index (κ2) is 6.86. The first-order valence-electron chi connectivity index (χ1n) is 7.42. The van der Waals surface area contributed by atoms with Gasteiger partial charge in [-0.25, -0.2) is 0 Å². The predicted molar refractivity (Wildman–Crippen MR) is 79.6 cm³/mol. The fourth-order valence-electron chi connectivity index (χ4n) is 2.87. The Balaban J connectivity index is 2.14. The Hall–Kier alpha value is -1.39. The molecular weight excluding hydrogens is 252 g/mol. The number of benzene rings is 1. The predicted octanol–water partition coefficient (Wildman–Crippen LogP) is 2.26. The molecule has 1 aromatic rings. The Bertz CT molecular complexity index is 458. The van der Waals surface area contributed by atoms with Gasteiger partial charge in [-0.2, -0.15) is 0 Å². The van der Waals surface area contributed by atoms with Crippen molar-refractivity contribution < 1.29 is 9.90 Å². The first-order valence-corrected chi connectivity index (χ1v) is 7.42. The Kier molecular flexibility index (Phi) is 5.15. The highest BCUT2D eigenvalue weighted by Gasteiger charge is 2.31. The molecule has 0 spiro atoms. The minimum Gasteiger partial charge on any atom is -0.481 e. The molecule has 0 aliphatic carbocycles. The lowest BCUT2D eigenvalue weighted by Crippen LogP contribution is -2.24. The molecular formula is C16H24N2O2. The molecule has 2 unspecified atom stereocenters. The third-order valence-electron chi connectivity index (χ3n) is 4.20. The Morgan fingerprint density at radius 1 is 1.35 bits per heavy atom. The van der Waals surface area contributed by atoms with Crippen LogP contribution in [0.1, 0.15) is 37.4 Å². The summed E-state index contributed by atoms with van der Waals surface area (Å²) in [6.07, 6.45) is 0.685. The van der Waals surface area contributed by atoms with Crippen LogP contribution in [0.4, 0.5) is 0 Å². The van der Waals surface area contributed by atoms with Crippen molar-refractivity contribution in [1.29, 1.82) is 0 Å². The fraction of sp³-hybridized carbons (Fsp3) is 0.562. The second-order valence-electron chi connectivity index (χ2n) is 5.39. The number of carboxylic acid groups (broad SMARTS) is 1. The topological polar surface area (TPSA) is 52.6 Å². The maximum atomic E-state index is 11.1. The Morgan fingerprint density at radius 3 is 2.65 bits per heavy atom. The van der Waals surface area contributed by atoms with Crippen molar-refractivity contribution in [2.24, 2.45) is 5.92 Å². The quantitative estimate of drug-likeness (QED) is 0.837. The molecule has 1 heterocycles. The summed E-state index contributed by atoms with van der Waals surface area (Å²) in [6.45, 7) is 7.89. The molecule has 2 atom stereocenters. The number of carboxylic acids is 1. The van der Waals surface area contributed by atoms with E-state index in [4.69, 9.17) is 5.11 Å². The van der Waals surface area contributed by atoms with E-state index in [-0.39, 0.29) is 12.0 Å². The summed E-state index contributed by atoms with van der Waals surface area (Å²) in [5, 5.41) is 12.5. The van der Waals surface area contributed by atoms with E-state index >= 15 is 0 Å². The minimum atomic E-state index is -0.693. The first-order chi connectivity index (χ1) is 9.65. The Labute approximate surface area is 120 Å². The maximum Gasteiger partial charge on any atom is 0.307 e. The standard InChI is InChI=1S/C16H24N2O2/c1-3-18(4-2)11-12-7-5-6-8-14(12)15-9-13(10-17-15)16(19)20/h5-8,13,15,17H,3-4,9-11H2,1-2H3,(H,19,20). The molecule has 1 aliphatic rings. The van der Waals surface area contributed by atoms with Crippen LogP contribution in [-0.2, 0) is 11.3 Å². The van der Waals surface area contributed by atoms with Gasteiger partial charge in [-0.05, 0) is 30.6 Å². The van der Waals surface area contributed by atoms with Crippen LogP contribution in [0.15, 0.2) is 24.3 Å². The highest BCUT2D eigenvalue weighted by Crippen LogP contribution is 2.30. The monoisotopic (exact) mass is 276 g/mol. The van der Waals surface area contributed by atoms with E-state index in [9.17, 15) is 4.79 Å². The SMILES string of the molecule is CCN(CC)Cc1ccccc1C1CC(C(=O)O)CN1. The minimum absolute atomic E-state index is 0.169. The lowest BCUT2D eigenvalue weighted by atomic mass is 9.96. The molecule has 1 aliphatic heterocycles. The molecule has 1 aromatic carbocycles. The van der Waals surface area contributed by atoms with E-state index in [1.165, 1.54) is 11.1 Å². The van der Waals surface area contributed by atoms with Gasteiger partial charge in [0.2, 0.25) is 0 Å². The van der Waals surface area contributed by atoms with Gasteiger partial charge in [0.15, 0.2) is 0 Å². The van der Waals surface area contributed by atoms with Gasteiger partial charge in [0, 0.05) is 19.1 Å². The first kappa shape index (κ1) is 15.0. The van der Waals surface area contributed by atoms with Crippen molar-refractivity contribution >= 4 is 5.97 Å². The fourth-order valence-corrected chi connectivity index (χ4v) is 2.87. The Morgan fingerprint density at radius 2 is 2.05 bits per heavy atom. The van der Waals surface area contributed by atoms with Gasteiger partial charge in [0.1, 0.15) is 0 Å². The van der Waals surface area contributed by atoms with Crippen LogP contribution < -0.4 is 5.32 Å². The van der Waals surface area contributed by atoms with Crippen LogP contribution in [0.3, 0.4) is 0 Å². The molecule has 0 aromatic heterocycles. The summed E-state index contributed by atoms with van der Waals surface area (Å²) in [5.74, 6) is -0.956. The van der Waals surface area contributed by atoms with Gasteiger partial charge in [-0.3, -0.25) is 9.69 Å². The van der Waals surface area contributed by atoms with Gasteiger partial charge in [0.05, 0.1) is 5.92 Å². The zero-order chi connectivity index (χ0) is 14.5. The summed E-state index contributed by atoms with van der Waals surface area (Å²) in [6, 6.07) is 8.55. The van der Waals surface area contributed by atoms with Gasteiger partial charge in [-0.15, -0.1) is 0 Å². The number of aliphatic carboxylic acids is 1. The average molecular weight is 276 g/mol. The van der Waals surface area contributed by atoms with Crippen molar-refractivity contribution in [3.8, 4) is 0 Å². The molecule has 2 N–H and O–H groups in total. The van der Waals surface area contributed by atoms with E-state index in [0.29, 0.717) is 13.0 Å². The molecule has 4 heteroatoms. The van der Waals surface area contributed by atoms with Gasteiger partial charge < -0.3 is 10.4 Å². The van der Waals surface area contributed by atoms with Crippen molar-refractivity contribution in [2.75, 3.05) is 19.6 Å². The zero-order valence-corrected chi connectivity index (χ0v) is 12.3. The number of hydrogen-bond donors (Lipinski definition) is 2. The lowest BCUT2D eigenvalue weighted by molar-refractivity contribution is -0.141. The van der Waals surface area contributed by atoms with Gasteiger partial charge in [0.25, 0.3) is 0 Å². The molecule has 0 bridgehead atoms. The van der Waals surface area contributed by atoms with Crippen LogP contribution in [0.25, 0.3) is 0 Å². The number of carbonyl (C=O) groups is 1. The summed E-state index contributed by atoms with van der Waals surface area (Å²) >= 11 is 0. The third kappa shape index (κ3) is 3.38.